The van der Waals surface area contributed by atoms with Crippen LogP contribution in [0.25, 0.3) is 0 Å². The van der Waals surface area contributed by atoms with Crippen LogP contribution in [0.3, 0.4) is 0 Å². The molecule has 1 amide bonds. The molecule has 0 saturated carbocycles. The molecule has 0 aliphatic heterocycles. The summed E-state index contributed by atoms with van der Waals surface area (Å²) >= 11 is 0. The van der Waals surface area contributed by atoms with Gasteiger partial charge in [0.25, 0.3) is 0 Å². The number of rotatable bonds is 7. The number of anilines is 2. The van der Waals surface area contributed by atoms with Crippen molar-refractivity contribution in [2.75, 3.05) is 24.7 Å². The fraction of sp³-hybridized carbons (Fsp3) is 0.417. The van der Waals surface area contributed by atoms with E-state index in [1.165, 1.54) is 0 Å². The zero-order valence-corrected chi connectivity index (χ0v) is 10.0. The minimum atomic E-state index is -0.254. The number of nitrogens with one attached hydrogen (secondary N) is 1. The van der Waals surface area contributed by atoms with Crippen molar-refractivity contribution < 1.29 is 9.53 Å². The Morgan fingerprint density at radius 3 is 2.76 bits per heavy atom. The second-order valence-corrected chi connectivity index (χ2v) is 3.85. The number of amides is 1. The van der Waals surface area contributed by atoms with E-state index in [0.29, 0.717) is 12.1 Å². The van der Waals surface area contributed by atoms with Crippen LogP contribution in [0.5, 0.6) is 5.75 Å². The molecule has 0 atom stereocenters. The molecule has 0 saturated heterocycles. The summed E-state index contributed by atoms with van der Waals surface area (Å²) in [4.78, 5) is 10.5. The van der Waals surface area contributed by atoms with E-state index >= 15 is 0 Å². The summed E-state index contributed by atoms with van der Waals surface area (Å²) in [5, 5.41) is 3.22. The van der Waals surface area contributed by atoms with Gasteiger partial charge < -0.3 is 21.5 Å². The number of nitrogen functional groups attached to an aromatic ring is 1. The predicted octanol–water partition coefficient (Wildman–Crippen LogP) is 1.34. The van der Waals surface area contributed by atoms with Gasteiger partial charge in [-0.05, 0) is 18.9 Å². The van der Waals surface area contributed by atoms with Crippen LogP contribution in [0, 0.1) is 0 Å². The first-order chi connectivity index (χ1) is 8.11. The van der Waals surface area contributed by atoms with E-state index in [2.05, 4.69) is 5.32 Å². The van der Waals surface area contributed by atoms with Gasteiger partial charge in [-0.2, -0.15) is 0 Å². The lowest BCUT2D eigenvalue weighted by molar-refractivity contribution is -0.118. The molecule has 0 aliphatic rings. The zero-order valence-electron chi connectivity index (χ0n) is 10.0. The van der Waals surface area contributed by atoms with Crippen molar-refractivity contribution in [3.63, 3.8) is 0 Å². The van der Waals surface area contributed by atoms with E-state index in [0.717, 1.165) is 30.8 Å². The third-order valence-corrected chi connectivity index (χ3v) is 2.34. The molecular weight excluding hydrogens is 218 g/mol. The predicted molar refractivity (Wildman–Crippen MR) is 68.9 cm³/mol. The van der Waals surface area contributed by atoms with Crippen LogP contribution in [0.1, 0.15) is 19.3 Å². The Labute approximate surface area is 101 Å². The molecule has 0 spiro atoms. The summed E-state index contributed by atoms with van der Waals surface area (Å²) in [5.41, 5.74) is 12.3. The molecule has 1 rings (SSSR count). The molecule has 17 heavy (non-hydrogen) atoms. The van der Waals surface area contributed by atoms with Gasteiger partial charge in [-0.1, -0.05) is 0 Å². The van der Waals surface area contributed by atoms with Crippen LogP contribution >= 0.6 is 0 Å². The van der Waals surface area contributed by atoms with Gasteiger partial charge >= 0.3 is 0 Å². The van der Waals surface area contributed by atoms with Crippen molar-refractivity contribution in [3.05, 3.63) is 18.2 Å². The summed E-state index contributed by atoms with van der Waals surface area (Å²) in [7, 11) is 1.60. The van der Waals surface area contributed by atoms with Gasteiger partial charge in [0.15, 0.2) is 0 Å². The maximum Gasteiger partial charge on any atom is 0.217 e. The number of benzene rings is 1. The van der Waals surface area contributed by atoms with Crippen LogP contribution in [-0.2, 0) is 4.79 Å². The van der Waals surface area contributed by atoms with Crippen molar-refractivity contribution in [1.82, 2.24) is 0 Å². The summed E-state index contributed by atoms with van der Waals surface area (Å²) < 4.78 is 5.11. The van der Waals surface area contributed by atoms with Crippen molar-refractivity contribution in [1.29, 1.82) is 0 Å². The van der Waals surface area contributed by atoms with Gasteiger partial charge in [0.05, 0.1) is 7.11 Å². The van der Waals surface area contributed by atoms with E-state index < -0.39 is 0 Å². The van der Waals surface area contributed by atoms with Crippen molar-refractivity contribution in [2.24, 2.45) is 5.73 Å². The van der Waals surface area contributed by atoms with E-state index in [1.807, 2.05) is 12.1 Å². The summed E-state index contributed by atoms with van der Waals surface area (Å²) in [5.74, 6) is 0.472. The van der Waals surface area contributed by atoms with E-state index in [9.17, 15) is 4.79 Å². The Hall–Kier alpha value is -1.91. The van der Waals surface area contributed by atoms with Gasteiger partial charge in [-0.15, -0.1) is 0 Å². The molecule has 0 bridgehead atoms. The number of hydrogen-bond donors (Lipinski definition) is 3. The lowest BCUT2D eigenvalue weighted by atomic mass is 10.2. The molecule has 1 aromatic carbocycles. The topological polar surface area (TPSA) is 90.4 Å². The van der Waals surface area contributed by atoms with Crippen LogP contribution in [0.4, 0.5) is 11.4 Å². The minimum absolute atomic E-state index is 0.254. The average molecular weight is 237 g/mol. The second kappa shape index (κ2) is 6.62. The Morgan fingerprint density at radius 1 is 1.35 bits per heavy atom. The molecule has 94 valence electrons. The largest absolute Gasteiger partial charge is 0.497 e. The Balaban J connectivity index is 2.36. The molecule has 0 aromatic heterocycles. The van der Waals surface area contributed by atoms with Crippen molar-refractivity contribution in [2.45, 2.75) is 19.3 Å². The molecule has 1 aromatic rings. The SMILES string of the molecule is COc1cc(N)cc(NCCCCC(N)=O)c1. The molecule has 5 nitrogen and oxygen atoms in total. The normalized spacial score (nSPS) is 9.94. The molecule has 5 heteroatoms. The molecule has 0 heterocycles. The number of primary amides is 1. The van der Waals surface area contributed by atoms with Crippen LogP contribution in [0.2, 0.25) is 0 Å². The average Bonchev–Trinajstić information content (AvgIpc) is 2.27. The van der Waals surface area contributed by atoms with Gasteiger partial charge in [-0.25, -0.2) is 0 Å². The number of ether oxygens (including phenoxy) is 1. The maximum atomic E-state index is 10.5. The standard InChI is InChI=1S/C12H19N3O2/c1-17-11-7-9(13)6-10(8-11)15-5-3-2-4-12(14)16/h6-8,15H,2-5,13H2,1H3,(H2,14,16). The number of carbonyl (C=O) groups excluding carboxylic acids is 1. The Morgan fingerprint density at radius 2 is 2.12 bits per heavy atom. The fourth-order valence-corrected chi connectivity index (χ4v) is 1.50. The van der Waals surface area contributed by atoms with Gasteiger partial charge in [0.1, 0.15) is 5.75 Å². The third-order valence-electron chi connectivity index (χ3n) is 2.34. The van der Waals surface area contributed by atoms with Gasteiger partial charge in [0, 0.05) is 36.5 Å². The summed E-state index contributed by atoms with van der Waals surface area (Å²) in [6.45, 7) is 0.778. The first-order valence-corrected chi connectivity index (χ1v) is 5.58. The first-order valence-electron chi connectivity index (χ1n) is 5.58. The second-order valence-electron chi connectivity index (χ2n) is 3.85. The molecular formula is C12H19N3O2. The Kier molecular flexibility index (Phi) is 5.13. The number of methoxy groups -OCH3 is 1. The first kappa shape index (κ1) is 13.2. The minimum Gasteiger partial charge on any atom is -0.497 e. The number of unbranched alkanes of at least 4 members (excludes halogenated alkanes) is 1. The highest BCUT2D eigenvalue weighted by atomic mass is 16.5. The maximum absolute atomic E-state index is 10.5. The molecule has 5 N–H and O–H groups in total. The van der Waals surface area contributed by atoms with E-state index in [1.54, 1.807) is 13.2 Å². The fourth-order valence-electron chi connectivity index (χ4n) is 1.50. The quantitative estimate of drug-likeness (QED) is 0.493. The molecule has 0 radical (unpaired) electrons. The van der Waals surface area contributed by atoms with Gasteiger partial charge in [-0.3, -0.25) is 4.79 Å². The summed E-state index contributed by atoms with van der Waals surface area (Å²) in [6.07, 6.45) is 2.11. The zero-order chi connectivity index (χ0) is 12.7. The lowest BCUT2D eigenvalue weighted by Gasteiger charge is -2.09. The molecule has 0 unspecified atom stereocenters. The Bertz CT molecular complexity index is 380. The van der Waals surface area contributed by atoms with Crippen LogP contribution in [-0.4, -0.2) is 19.6 Å². The number of hydrogen-bond acceptors (Lipinski definition) is 4. The van der Waals surface area contributed by atoms with Crippen LogP contribution < -0.4 is 21.5 Å². The molecule has 0 aliphatic carbocycles. The highest BCUT2D eigenvalue weighted by Gasteiger charge is 1.99. The highest BCUT2D eigenvalue weighted by Crippen LogP contribution is 2.22. The molecule has 0 fully saturated rings. The van der Waals surface area contributed by atoms with E-state index in [4.69, 9.17) is 16.2 Å². The van der Waals surface area contributed by atoms with Crippen molar-refractivity contribution >= 4 is 17.3 Å². The third kappa shape index (κ3) is 5.10. The number of nitrogens with two attached hydrogens (primary N) is 2. The highest BCUT2D eigenvalue weighted by molar-refractivity contribution is 5.73. The summed E-state index contributed by atoms with van der Waals surface area (Å²) in [6, 6.07) is 5.49. The smallest absolute Gasteiger partial charge is 0.217 e. The lowest BCUT2D eigenvalue weighted by Crippen LogP contribution is -2.11. The van der Waals surface area contributed by atoms with Gasteiger partial charge in [0.2, 0.25) is 5.91 Å². The number of carbonyl (C=O) groups is 1. The van der Waals surface area contributed by atoms with Crippen LogP contribution in [0.15, 0.2) is 18.2 Å². The van der Waals surface area contributed by atoms with Crippen molar-refractivity contribution in [3.8, 4) is 5.75 Å². The monoisotopic (exact) mass is 237 g/mol. The van der Waals surface area contributed by atoms with E-state index in [-0.39, 0.29) is 5.91 Å².